The van der Waals surface area contributed by atoms with Crippen molar-refractivity contribution < 1.29 is 34.1 Å². The number of para-hydroxylation sites is 1. The molecule has 4 N–H and O–H groups in total. The largest absolute Gasteiger partial charge is 0.505 e. The molecule has 9 heteroatoms. The molecule has 1 aromatic carbocycles. The van der Waals surface area contributed by atoms with E-state index in [4.69, 9.17) is 9.47 Å². The highest BCUT2D eigenvalue weighted by Gasteiger charge is 2.37. The molecule has 0 radical (unpaired) electrons. The smallest absolute Gasteiger partial charge is 0.312 e. The summed E-state index contributed by atoms with van der Waals surface area (Å²) >= 11 is 0. The zero-order valence-corrected chi connectivity index (χ0v) is 17.5. The second-order valence-electron chi connectivity index (χ2n) is 7.46. The van der Waals surface area contributed by atoms with E-state index in [1.165, 1.54) is 18.2 Å². The summed E-state index contributed by atoms with van der Waals surface area (Å²) in [5, 5.41) is 25.8. The first-order chi connectivity index (χ1) is 14.3. The number of phenols is 1. The van der Waals surface area contributed by atoms with Gasteiger partial charge in [0.2, 0.25) is 6.41 Å². The number of carbonyl (C=O) groups is 3. The number of hydrogen-bond acceptors (Lipinski definition) is 7. The van der Waals surface area contributed by atoms with Crippen LogP contribution in [0, 0.1) is 5.92 Å². The molecule has 1 aliphatic heterocycles. The maximum absolute atomic E-state index is 12.7. The molecule has 1 unspecified atom stereocenters. The molecule has 0 bridgehead atoms. The summed E-state index contributed by atoms with van der Waals surface area (Å²) in [5.41, 5.74) is 0.0486. The lowest BCUT2D eigenvalue weighted by atomic mass is 9.93. The first-order valence-corrected chi connectivity index (χ1v) is 10.1. The van der Waals surface area contributed by atoms with Crippen molar-refractivity contribution in [2.24, 2.45) is 5.92 Å². The Morgan fingerprint density at radius 2 is 2.03 bits per heavy atom. The number of amides is 2. The molecule has 0 aliphatic carbocycles. The summed E-state index contributed by atoms with van der Waals surface area (Å²) in [5.74, 6) is -2.22. The second-order valence-corrected chi connectivity index (χ2v) is 7.46. The molecule has 1 heterocycles. The SMILES string of the molecule is CCCCC1C(=O)O[C@@H](C)[C@@H](NC(=O)c2cccc(NC=O)c2O)CO[C@@H](C)[C@H]1O. The van der Waals surface area contributed by atoms with E-state index in [-0.39, 0.29) is 23.6 Å². The van der Waals surface area contributed by atoms with Gasteiger partial charge in [0.15, 0.2) is 5.75 Å². The van der Waals surface area contributed by atoms with Crippen LogP contribution in [-0.4, -0.2) is 59.5 Å². The van der Waals surface area contributed by atoms with Gasteiger partial charge in [-0.3, -0.25) is 14.4 Å². The van der Waals surface area contributed by atoms with Gasteiger partial charge in [-0.2, -0.15) is 0 Å². The van der Waals surface area contributed by atoms with E-state index in [9.17, 15) is 24.6 Å². The zero-order chi connectivity index (χ0) is 22.3. The second kappa shape index (κ2) is 10.9. The lowest BCUT2D eigenvalue weighted by Crippen LogP contribution is -2.47. The van der Waals surface area contributed by atoms with E-state index in [1.54, 1.807) is 13.8 Å². The van der Waals surface area contributed by atoms with Crippen LogP contribution in [0.5, 0.6) is 5.75 Å². The van der Waals surface area contributed by atoms with Crippen LogP contribution in [0.25, 0.3) is 0 Å². The van der Waals surface area contributed by atoms with Gasteiger partial charge in [-0.05, 0) is 32.4 Å². The minimum Gasteiger partial charge on any atom is -0.505 e. The van der Waals surface area contributed by atoms with Crippen LogP contribution in [0.3, 0.4) is 0 Å². The summed E-state index contributed by atoms with van der Waals surface area (Å²) in [6.45, 7) is 5.31. The number of anilines is 1. The number of benzene rings is 1. The van der Waals surface area contributed by atoms with Gasteiger partial charge in [0.25, 0.3) is 5.91 Å². The third-order valence-electron chi connectivity index (χ3n) is 5.28. The number of unbranched alkanes of at least 4 members (excludes halogenated alkanes) is 1. The monoisotopic (exact) mass is 422 g/mol. The first kappa shape index (κ1) is 23.6. The molecular weight excluding hydrogens is 392 g/mol. The highest BCUT2D eigenvalue weighted by atomic mass is 16.6. The fraction of sp³-hybridized carbons (Fsp3) is 0.571. The minimum atomic E-state index is -1.01. The number of esters is 1. The molecule has 5 atom stereocenters. The molecule has 30 heavy (non-hydrogen) atoms. The van der Waals surface area contributed by atoms with Crippen molar-refractivity contribution in [3.8, 4) is 5.75 Å². The van der Waals surface area contributed by atoms with Crippen LogP contribution >= 0.6 is 0 Å². The van der Waals surface area contributed by atoms with Gasteiger partial charge in [0.05, 0.1) is 42.0 Å². The van der Waals surface area contributed by atoms with Gasteiger partial charge in [-0.15, -0.1) is 0 Å². The van der Waals surface area contributed by atoms with Crippen LogP contribution < -0.4 is 10.6 Å². The van der Waals surface area contributed by atoms with Crippen molar-refractivity contribution in [3.05, 3.63) is 23.8 Å². The van der Waals surface area contributed by atoms with Crippen LogP contribution in [-0.2, 0) is 19.1 Å². The highest BCUT2D eigenvalue weighted by Crippen LogP contribution is 2.27. The van der Waals surface area contributed by atoms with E-state index in [2.05, 4.69) is 10.6 Å². The van der Waals surface area contributed by atoms with Crippen molar-refractivity contribution in [1.29, 1.82) is 0 Å². The fourth-order valence-electron chi connectivity index (χ4n) is 3.33. The standard InChI is InChI=1S/C21H30N2O7/c1-4-5-7-15-18(25)13(3)29-10-17(12(2)30-21(15)28)23-20(27)14-8-6-9-16(19(14)26)22-11-24/h6,8-9,11-13,15,17-18,25-26H,4-5,7,10H2,1-3H3,(H,22,24)(H,23,27)/t12-,13-,15?,17-,18+/m0/s1. The number of phenolic OH excluding ortho intramolecular Hbond substituents is 1. The van der Waals surface area contributed by atoms with Crippen LogP contribution in [0.1, 0.15) is 50.4 Å². The van der Waals surface area contributed by atoms with E-state index >= 15 is 0 Å². The number of cyclic esters (lactones) is 1. The molecule has 0 spiro atoms. The number of aliphatic hydroxyl groups is 1. The van der Waals surface area contributed by atoms with E-state index in [1.807, 2.05) is 6.92 Å². The van der Waals surface area contributed by atoms with Crippen molar-refractivity contribution in [2.75, 3.05) is 11.9 Å². The minimum absolute atomic E-state index is 0.00590. The number of ether oxygens (including phenoxy) is 2. The van der Waals surface area contributed by atoms with E-state index in [0.717, 1.165) is 12.8 Å². The molecule has 9 nitrogen and oxygen atoms in total. The molecule has 0 saturated carbocycles. The predicted molar refractivity (Wildman–Crippen MR) is 109 cm³/mol. The summed E-state index contributed by atoms with van der Waals surface area (Å²) in [6.07, 6.45) is 0.161. The third-order valence-corrected chi connectivity index (χ3v) is 5.28. The van der Waals surface area contributed by atoms with Gasteiger partial charge in [0, 0.05) is 0 Å². The predicted octanol–water partition coefficient (Wildman–Crippen LogP) is 1.58. The number of nitrogens with one attached hydrogen (secondary N) is 2. The van der Waals surface area contributed by atoms with E-state index in [0.29, 0.717) is 12.8 Å². The molecular formula is C21H30N2O7. The molecule has 1 aromatic rings. The average Bonchev–Trinajstić information content (AvgIpc) is 2.74. The van der Waals surface area contributed by atoms with E-state index < -0.39 is 42.1 Å². The van der Waals surface area contributed by atoms with Crippen molar-refractivity contribution >= 4 is 24.0 Å². The van der Waals surface area contributed by atoms with Crippen LogP contribution in [0.15, 0.2) is 18.2 Å². The maximum Gasteiger partial charge on any atom is 0.312 e. The fourth-order valence-corrected chi connectivity index (χ4v) is 3.33. The quantitative estimate of drug-likeness (QED) is 0.298. The first-order valence-electron chi connectivity index (χ1n) is 10.1. The Bertz CT molecular complexity index is 755. The lowest BCUT2D eigenvalue weighted by molar-refractivity contribution is -0.159. The van der Waals surface area contributed by atoms with Crippen molar-refractivity contribution in [1.82, 2.24) is 5.32 Å². The van der Waals surface area contributed by atoms with Gasteiger partial charge >= 0.3 is 5.97 Å². The average molecular weight is 422 g/mol. The Labute approximate surface area is 175 Å². The number of aromatic hydroxyl groups is 1. The molecule has 2 amide bonds. The summed E-state index contributed by atoms with van der Waals surface area (Å²) in [7, 11) is 0. The Balaban J connectivity index is 2.18. The van der Waals surface area contributed by atoms with Crippen molar-refractivity contribution in [2.45, 2.75) is 64.4 Å². The number of carbonyl (C=O) groups excluding carboxylic acids is 3. The topological polar surface area (TPSA) is 134 Å². The Morgan fingerprint density at radius 3 is 2.70 bits per heavy atom. The molecule has 1 saturated heterocycles. The summed E-state index contributed by atoms with van der Waals surface area (Å²) in [4.78, 5) is 36.0. The van der Waals surface area contributed by atoms with Gasteiger partial charge < -0.3 is 30.3 Å². The Hall–Kier alpha value is -2.65. The summed E-state index contributed by atoms with van der Waals surface area (Å²) in [6, 6.07) is 3.66. The summed E-state index contributed by atoms with van der Waals surface area (Å²) < 4.78 is 11.3. The number of aliphatic hydroxyl groups excluding tert-OH is 1. The van der Waals surface area contributed by atoms with Crippen LogP contribution in [0.2, 0.25) is 0 Å². The Morgan fingerprint density at radius 1 is 1.30 bits per heavy atom. The lowest BCUT2D eigenvalue weighted by Gasteiger charge is -2.25. The van der Waals surface area contributed by atoms with Gasteiger partial charge in [-0.1, -0.05) is 25.8 Å². The maximum atomic E-state index is 12.7. The molecule has 1 aliphatic rings. The normalized spacial score (nSPS) is 27.2. The van der Waals surface area contributed by atoms with Crippen LogP contribution in [0.4, 0.5) is 5.69 Å². The van der Waals surface area contributed by atoms with Gasteiger partial charge in [0.1, 0.15) is 6.10 Å². The number of rotatable bonds is 7. The molecule has 1 fully saturated rings. The van der Waals surface area contributed by atoms with Gasteiger partial charge in [-0.25, -0.2) is 0 Å². The highest BCUT2D eigenvalue weighted by molar-refractivity contribution is 5.99. The van der Waals surface area contributed by atoms with Crippen molar-refractivity contribution in [3.63, 3.8) is 0 Å². The Kier molecular flexibility index (Phi) is 8.61. The third kappa shape index (κ3) is 5.70. The number of hydrogen-bond donors (Lipinski definition) is 4. The molecule has 166 valence electrons. The molecule has 0 aromatic heterocycles. The zero-order valence-electron chi connectivity index (χ0n) is 17.5. The molecule has 2 rings (SSSR count).